The normalized spacial score (nSPS) is 12.1. The van der Waals surface area contributed by atoms with E-state index in [2.05, 4.69) is 27.2 Å². The Bertz CT molecular complexity index is 578. The van der Waals surface area contributed by atoms with Crippen LogP contribution in [0.1, 0.15) is 40.3 Å². The average Bonchev–Trinajstić information content (AvgIpc) is 2.95. The number of ether oxygens (including phenoxy) is 1. The third-order valence-electron chi connectivity index (χ3n) is 3.00. The number of aryl methyl sites for hydroxylation is 1. The lowest BCUT2D eigenvalue weighted by atomic mass is 10.3. The molecule has 0 amide bonds. The number of aromatic nitrogens is 1. The predicted octanol–water partition coefficient (Wildman–Crippen LogP) is 3.39. The van der Waals surface area contributed by atoms with Gasteiger partial charge in [0.1, 0.15) is 9.88 Å². The fraction of sp³-hybridized carbons (Fsp3) is 0.562. The van der Waals surface area contributed by atoms with Crippen LogP contribution in [0.25, 0.3) is 0 Å². The molecule has 2 N–H and O–H groups in total. The van der Waals surface area contributed by atoms with Crippen LogP contribution in [0.4, 0.5) is 0 Å². The number of hydrogen-bond acceptors (Lipinski definition) is 6. The van der Waals surface area contributed by atoms with E-state index < -0.39 is 0 Å². The van der Waals surface area contributed by atoms with Crippen LogP contribution in [0.15, 0.2) is 17.6 Å². The molecule has 0 bridgehead atoms. The Morgan fingerprint density at radius 2 is 2.28 bits per heavy atom. The van der Waals surface area contributed by atoms with Gasteiger partial charge in [0.15, 0.2) is 5.96 Å². The van der Waals surface area contributed by atoms with Crippen molar-refractivity contribution < 1.29 is 9.53 Å². The van der Waals surface area contributed by atoms with Gasteiger partial charge in [0.05, 0.1) is 18.3 Å². The fourth-order valence-corrected chi connectivity index (χ4v) is 3.40. The molecular weight excluding hydrogens is 471 g/mol. The van der Waals surface area contributed by atoms with E-state index in [4.69, 9.17) is 4.74 Å². The first-order valence-electron chi connectivity index (χ1n) is 7.83. The van der Waals surface area contributed by atoms with E-state index in [0.717, 1.165) is 23.1 Å². The van der Waals surface area contributed by atoms with Crippen molar-refractivity contribution in [3.63, 3.8) is 0 Å². The minimum atomic E-state index is -0.312. The number of carbonyl (C=O) groups excluding carboxylic acids is 1. The molecule has 0 saturated heterocycles. The van der Waals surface area contributed by atoms with E-state index in [0.29, 0.717) is 23.1 Å². The molecule has 0 fully saturated rings. The largest absolute Gasteiger partial charge is 0.462 e. The second kappa shape index (κ2) is 13.4. The molecule has 1 rings (SSSR count). The van der Waals surface area contributed by atoms with Crippen molar-refractivity contribution in [1.82, 2.24) is 15.6 Å². The van der Waals surface area contributed by atoms with Crippen LogP contribution >= 0.6 is 47.1 Å². The molecule has 0 radical (unpaired) electrons. The zero-order chi connectivity index (χ0) is 17.9. The first-order chi connectivity index (χ1) is 11.5. The van der Waals surface area contributed by atoms with E-state index in [1.165, 1.54) is 11.3 Å². The van der Waals surface area contributed by atoms with Gasteiger partial charge in [-0.2, -0.15) is 11.8 Å². The molecule has 1 heterocycles. The van der Waals surface area contributed by atoms with Crippen LogP contribution in [-0.2, 0) is 4.74 Å². The van der Waals surface area contributed by atoms with Crippen LogP contribution < -0.4 is 10.6 Å². The van der Waals surface area contributed by atoms with Crippen molar-refractivity contribution >= 4 is 59.0 Å². The van der Waals surface area contributed by atoms with Crippen molar-refractivity contribution in [2.75, 3.05) is 31.7 Å². The Kier molecular flexibility index (Phi) is 13.0. The summed E-state index contributed by atoms with van der Waals surface area (Å²) in [5, 5.41) is 7.39. The maximum absolute atomic E-state index is 11.9. The highest BCUT2D eigenvalue weighted by atomic mass is 127. The summed E-state index contributed by atoms with van der Waals surface area (Å²) in [4.78, 5) is 21.1. The minimum absolute atomic E-state index is 0. The van der Waals surface area contributed by atoms with Crippen LogP contribution in [0.2, 0.25) is 0 Å². The zero-order valence-electron chi connectivity index (χ0n) is 15.1. The Hall–Kier alpha value is -0.810. The van der Waals surface area contributed by atoms with Crippen LogP contribution in [0.3, 0.4) is 0 Å². The predicted molar refractivity (Wildman–Crippen MR) is 119 cm³/mol. The molecule has 1 unspecified atom stereocenters. The number of halogens is 1. The van der Waals surface area contributed by atoms with Crippen molar-refractivity contribution in [3.8, 4) is 0 Å². The zero-order valence-corrected chi connectivity index (χ0v) is 19.1. The molecule has 25 heavy (non-hydrogen) atoms. The summed E-state index contributed by atoms with van der Waals surface area (Å²) in [6, 6.07) is -0.0519. The summed E-state index contributed by atoms with van der Waals surface area (Å²) in [6.45, 7) is 10.5. The molecule has 0 spiro atoms. The van der Waals surface area contributed by atoms with E-state index in [1.807, 2.05) is 31.7 Å². The third kappa shape index (κ3) is 8.41. The molecule has 0 saturated carbocycles. The Morgan fingerprint density at radius 3 is 2.88 bits per heavy atom. The highest BCUT2D eigenvalue weighted by Crippen LogP contribution is 2.24. The number of hydrogen-bond donors (Lipinski definition) is 2. The van der Waals surface area contributed by atoms with Gasteiger partial charge in [-0.05, 0) is 20.8 Å². The summed E-state index contributed by atoms with van der Waals surface area (Å²) in [5.41, 5.74) is 0.700. The molecule has 1 atom stereocenters. The Labute approximate surface area is 175 Å². The van der Waals surface area contributed by atoms with Crippen molar-refractivity contribution in [3.05, 3.63) is 28.2 Å². The number of thioether (sulfide) groups is 1. The van der Waals surface area contributed by atoms with Gasteiger partial charge < -0.3 is 15.4 Å². The number of aliphatic imine (C=N–C) groups is 1. The van der Waals surface area contributed by atoms with Gasteiger partial charge in [-0.3, -0.25) is 4.99 Å². The molecule has 1 aromatic rings. The van der Waals surface area contributed by atoms with E-state index in [-0.39, 0.29) is 36.0 Å². The first kappa shape index (κ1) is 24.2. The number of esters is 1. The molecule has 0 aliphatic heterocycles. The monoisotopic (exact) mass is 498 g/mol. The number of nitrogens with one attached hydrogen (secondary N) is 2. The van der Waals surface area contributed by atoms with Gasteiger partial charge in [0.2, 0.25) is 0 Å². The van der Waals surface area contributed by atoms with Crippen LogP contribution in [0, 0.1) is 6.92 Å². The van der Waals surface area contributed by atoms with Crippen LogP contribution in [0.5, 0.6) is 0 Å². The quantitative estimate of drug-likeness (QED) is 0.136. The van der Waals surface area contributed by atoms with Crippen molar-refractivity contribution in [1.29, 1.82) is 0 Å². The maximum Gasteiger partial charge on any atom is 0.350 e. The van der Waals surface area contributed by atoms with Crippen molar-refractivity contribution in [2.45, 2.75) is 26.8 Å². The van der Waals surface area contributed by atoms with Crippen LogP contribution in [-0.4, -0.2) is 48.6 Å². The number of rotatable bonds is 9. The standard InChI is InChI=1S/C16H26N4O2S2.HI/c1-6-9-23-10-8-18-16(17-5)20-12(4)14-19-11(3)13(24-14)15(21)22-7-2;/h6,12H,1,7-10H2,2-5H3,(H2,17,18,20);1H. The van der Waals surface area contributed by atoms with Gasteiger partial charge in [-0.15, -0.1) is 41.9 Å². The number of carbonyl (C=O) groups is 1. The third-order valence-corrected chi connectivity index (χ3v) is 5.28. The SMILES string of the molecule is C=CCSCCNC(=NC)NC(C)c1nc(C)c(C(=O)OCC)s1.I. The summed E-state index contributed by atoms with van der Waals surface area (Å²) in [6.07, 6.45) is 1.89. The van der Waals surface area contributed by atoms with E-state index >= 15 is 0 Å². The topological polar surface area (TPSA) is 75.6 Å². The number of nitrogens with zero attached hydrogens (tertiary/aromatic N) is 2. The smallest absolute Gasteiger partial charge is 0.350 e. The van der Waals surface area contributed by atoms with Gasteiger partial charge in [0.25, 0.3) is 0 Å². The molecule has 0 aromatic carbocycles. The summed E-state index contributed by atoms with van der Waals surface area (Å²) >= 11 is 3.17. The molecular formula is C16H27IN4O2S2. The molecule has 1 aromatic heterocycles. The Balaban J connectivity index is 0.00000576. The van der Waals surface area contributed by atoms with Gasteiger partial charge in [-0.1, -0.05) is 6.08 Å². The summed E-state index contributed by atoms with van der Waals surface area (Å²) in [5.74, 6) is 2.32. The Morgan fingerprint density at radius 1 is 1.56 bits per heavy atom. The molecule has 142 valence electrons. The van der Waals surface area contributed by atoms with E-state index in [1.54, 1.807) is 14.0 Å². The van der Waals surface area contributed by atoms with Gasteiger partial charge in [-0.25, -0.2) is 9.78 Å². The highest BCUT2D eigenvalue weighted by molar-refractivity contribution is 14.0. The first-order valence-corrected chi connectivity index (χ1v) is 9.80. The number of thiazole rings is 1. The lowest BCUT2D eigenvalue weighted by Gasteiger charge is -2.16. The lowest BCUT2D eigenvalue weighted by molar-refractivity contribution is 0.0531. The second-order valence-electron chi connectivity index (χ2n) is 4.92. The van der Waals surface area contributed by atoms with E-state index in [9.17, 15) is 4.79 Å². The van der Waals surface area contributed by atoms with Crippen molar-refractivity contribution in [2.24, 2.45) is 4.99 Å². The molecule has 0 aliphatic carbocycles. The number of guanidine groups is 1. The summed E-state index contributed by atoms with van der Waals surface area (Å²) < 4.78 is 5.06. The average molecular weight is 498 g/mol. The van der Waals surface area contributed by atoms with Gasteiger partial charge in [0, 0.05) is 25.1 Å². The lowest BCUT2D eigenvalue weighted by Crippen LogP contribution is -2.39. The molecule has 9 heteroatoms. The maximum atomic E-state index is 11.9. The molecule has 6 nitrogen and oxygen atoms in total. The highest BCUT2D eigenvalue weighted by Gasteiger charge is 2.19. The fourth-order valence-electron chi connectivity index (χ4n) is 1.86. The van der Waals surface area contributed by atoms with Gasteiger partial charge >= 0.3 is 5.97 Å². The molecule has 0 aliphatic rings. The minimum Gasteiger partial charge on any atom is -0.462 e. The second-order valence-corrected chi connectivity index (χ2v) is 7.10. The summed E-state index contributed by atoms with van der Waals surface area (Å²) in [7, 11) is 1.73.